The second-order valence-electron chi connectivity index (χ2n) is 6.49. The van der Waals surface area contributed by atoms with Crippen molar-refractivity contribution in [3.05, 3.63) is 18.2 Å². The summed E-state index contributed by atoms with van der Waals surface area (Å²) < 4.78 is 37.4. The number of nitrogens with one attached hydrogen (secondary N) is 2. The summed E-state index contributed by atoms with van der Waals surface area (Å²) in [5, 5.41) is 2.87. The standard InChI is InChI=1S/C17H29N3O5S.ClH/c1-12(2)17(3,11-18)20-16(21)8-9-19-26(22,23)13-6-7-14(24-4)15(10-13)25-5;/h6-7,10,12,19H,8-9,11,18H2,1-5H3,(H,20,21);1H. The van der Waals surface area contributed by atoms with Gasteiger partial charge >= 0.3 is 0 Å². The number of methoxy groups -OCH3 is 2. The Morgan fingerprint density at radius 1 is 1.22 bits per heavy atom. The molecule has 156 valence electrons. The molecule has 0 aliphatic heterocycles. The molecule has 0 spiro atoms. The fourth-order valence-corrected chi connectivity index (χ4v) is 3.22. The number of ether oxygens (including phenoxy) is 2. The molecular formula is C17H30ClN3O5S. The summed E-state index contributed by atoms with van der Waals surface area (Å²) in [5.74, 6) is 0.630. The van der Waals surface area contributed by atoms with Gasteiger partial charge in [-0.3, -0.25) is 4.79 Å². The zero-order valence-electron chi connectivity index (χ0n) is 16.4. The second-order valence-corrected chi connectivity index (χ2v) is 8.26. The number of sulfonamides is 1. The predicted octanol–water partition coefficient (Wildman–Crippen LogP) is 1.28. The van der Waals surface area contributed by atoms with E-state index in [1.54, 1.807) is 0 Å². The Morgan fingerprint density at radius 2 is 1.81 bits per heavy atom. The Labute approximate surface area is 167 Å². The van der Waals surface area contributed by atoms with Crippen LogP contribution in [-0.2, 0) is 14.8 Å². The van der Waals surface area contributed by atoms with Crippen molar-refractivity contribution >= 4 is 28.3 Å². The highest BCUT2D eigenvalue weighted by Crippen LogP contribution is 2.29. The molecule has 0 aliphatic rings. The number of rotatable bonds is 10. The third-order valence-corrected chi connectivity index (χ3v) is 5.89. The van der Waals surface area contributed by atoms with Gasteiger partial charge in [-0.05, 0) is 25.0 Å². The van der Waals surface area contributed by atoms with Crippen LogP contribution >= 0.6 is 12.4 Å². The third kappa shape index (κ3) is 6.84. The van der Waals surface area contributed by atoms with Crippen molar-refractivity contribution in [2.24, 2.45) is 11.7 Å². The van der Waals surface area contributed by atoms with Gasteiger partial charge in [0.05, 0.1) is 24.7 Å². The maximum absolute atomic E-state index is 12.4. The molecule has 1 amide bonds. The lowest BCUT2D eigenvalue weighted by Crippen LogP contribution is -2.55. The minimum Gasteiger partial charge on any atom is -0.493 e. The van der Waals surface area contributed by atoms with Crippen molar-refractivity contribution in [3.63, 3.8) is 0 Å². The number of hydrogen-bond donors (Lipinski definition) is 3. The Balaban J connectivity index is 0.00000676. The van der Waals surface area contributed by atoms with Gasteiger partial charge in [-0.2, -0.15) is 0 Å². The lowest BCUT2D eigenvalue weighted by atomic mass is 9.88. The van der Waals surface area contributed by atoms with Crippen molar-refractivity contribution in [2.75, 3.05) is 27.3 Å². The molecular weight excluding hydrogens is 394 g/mol. The summed E-state index contributed by atoms with van der Waals surface area (Å²) >= 11 is 0. The fourth-order valence-electron chi connectivity index (χ4n) is 2.18. The van der Waals surface area contributed by atoms with Crippen LogP contribution in [0.5, 0.6) is 11.5 Å². The maximum atomic E-state index is 12.4. The van der Waals surface area contributed by atoms with Crippen LogP contribution in [0.15, 0.2) is 23.1 Å². The highest BCUT2D eigenvalue weighted by atomic mass is 35.5. The smallest absolute Gasteiger partial charge is 0.240 e. The summed E-state index contributed by atoms with van der Waals surface area (Å²) in [6, 6.07) is 4.29. The van der Waals surface area contributed by atoms with E-state index in [2.05, 4.69) is 10.0 Å². The van der Waals surface area contributed by atoms with Crippen LogP contribution in [0.3, 0.4) is 0 Å². The highest BCUT2D eigenvalue weighted by molar-refractivity contribution is 7.89. The second kappa shape index (κ2) is 10.7. The van der Waals surface area contributed by atoms with Gasteiger partial charge in [-0.1, -0.05) is 13.8 Å². The molecule has 0 saturated carbocycles. The number of halogens is 1. The number of carbonyl (C=O) groups excluding carboxylic acids is 1. The van der Waals surface area contributed by atoms with Crippen LogP contribution in [0.4, 0.5) is 0 Å². The number of carbonyl (C=O) groups is 1. The minimum absolute atomic E-state index is 0. The lowest BCUT2D eigenvalue weighted by Gasteiger charge is -2.33. The molecule has 1 atom stereocenters. The quantitative estimate of drug-likeness (QED) is 0.521. The zero-order chi connectivity index (χ0) is 20.0. The van der Waals surface area contributed by atoms with Gasteiger partial charge in [0.25, 0.3) is 0 Å². The van der Waals surface area contributed by atoms with E-state index in [0.29, 0.717) is 18.0 Å². The molecule has 1 aromatic carbocycles. The van der Waals surface area contributed by atoms with Crippen molar-refractivity contribution in [3.8, 4) is 11.5 Å². The topological polar surface area (TPSA) is 120 Å². The molecule has 1 aromatic rings. The van der Waals surface area contributed by atoms with E-state index in [1.807, 2.05) is 20.8 Å². The summed E-state index contributed by atoms with van der Waals surface area (Å²) in [4.78, 5) is 12.1. The van der Waals surface area contributed by atoms with Gasteiger partial charge in [0.1, 0.15) is 0 Å². The molecule has 8 nitrogen and oxygen atoms in total. The van der Waals surface area contributed by atoms with Crippen molar-refractivity contribution in [1.82, 2.24) is 10.0 Å². The lowest BCUT2D eigenvalue weighted by molar-refractivity contribution is -0.123. The fraction of sp³-hybridized carbons (Fsp3) is 0.588. The summed E-state index contributed by atoms with van der Waals surface area (Å²) in [6.07, 6.45) is 0.00876. The largest absolute Gasteiger partial charge is 0.493 e. The molecule has 0 aromatic heterocycles. The van der Waals surface area contributed by atoms with Gasteiger partial charge in [-0.15, -0.1) is 12.4 Å². The van der Waals surface area contributed by atoms with Crippen molar-refractivity contribution in [2.45, 2.75) is 37.6 Å². The van der Waals surface area contributed by atoms with Crippen LogP contribution in [0.25, 0.3) is 0 Å². The van der Waals surface area contributed by atoms with E-state index in [0.717, 1.165) is 0 Å². The Hall–Kier alpha value is -1.55. The first-order valence-corrected chi connectivity index (χ1v) is 9.80. The normalized spacial score (nSPS) is 13.4. The molecule has 0 bridgehead atoms. The molecule has 0 fully saturated rings. The number of amides is 1. The molecule has 0 heterocycles. The van der Waals surface area contributed by atoms with Crippen LogP contribution in [-0.4, -0.2) is 47.2 Å². The Bertz CT molecular complexity index is 727. The van der Waals surface area contributed by atoms with E-state index >= 15 is 0 Å². The first-order chi connectivity index (χ1) is 12.1. The first-order valence-electron chi connectivity index (χ1n) is 8.32. The molecule has 4 N–H and O–H groups in total. The van der Waals surface area contributed by atoms with E-state index in [-0.39, 0.29) is 42.1 Å². The minimum atomic E-state index is -3.77. The third-order valence-electron chi connectivity index (χ3n) is 4.43. The zero-order valence-corrected chi connectivity index (χ0v) is 18.0. The monoisotopic (exact) mass is 423 g/mol. The number of hydrogen-bond acceptors (Lipinski definition) is 6. The van der Waals surface area contributed by atoms with E-state index in [9.17, 15) is 13.2 Å². The summed E-state index contributed by atoms with van der Waals surface area (Å²) in [7, 11) is -0.876. The van der Waals surface area contributed by atoms with Gasteiger partial charge in [0, 0.05) is 25.6 Å². The molecule has 0 aliphatic carbocycles. The van der Waals surface area contributed by atoms with Crippen LogP contribution in [0, 0.1) is 5.92 Å². The number of benzene rings is 1. The SMILES string of the molecule is COc1ccc(S(=O)(=O)NCCC(=O)NC(C)(CN)C(C)C)cc1OC.Cl. The Morgan fingerprint density at radius 3 is 2.30 bits per heavy atom. The molecule has 1 unspecified atom stereocenters. The maximum Gasteiger partial charge on any atom is 0.240 e. The summed E-state index contributed by atoms with van der Waals surface area (Å²) in [5.41, 5.74) is 5.20. The predicted molar refractivity (Wildman–Crippen MR) is 107 cm³/mol. The van der Waals surface area contributed by atoms with Crippen LogP contribution < -0.4 is 25.2 Å². The molecule has 27 heavy (non-hydrogen) atoms. The number of nitrogens with two attached hydrogens (primary N) is 1. The Kier molecular flexibility index (Phi) is 10.1. The molecule has 0 radical (unpaired) electrons. The average molecular weight is 424 g/mol. The van der Waals surface area contributed by atoms with Gasteiger partial charge < -0.3 is 20.5 Å². The van der Waals surface area contributed by atoms with Crippen LogP contribution in [0.1, 0.15) is 27.2 Å². The van der Waals surface area contributed by atoms with E-state index in [4.69, 9.17) is 15.2 Å². The van der Waals surface area contributed by atoms with Gasteiger partial charge in [-0.25, -0.2) is 13.1 Å². The van der Waals surface area contributed by atoms with Crippen LogP contribution in [0.2, 0.25) is 0 Å². The van der Waals surface area contributed by atoms with Crippen molar-refractivity contribution < 1.29 is 22.7 Å². The van der Waals surface area contributed by atoms with Crippen molar-refractivity contribution in [1.29, 1.82) is 0 Å². The van der Waals surface area contributed by atoms with Gasteiger partial charge in [0.2, 0.25) is 15.9 Å². The van der Waals surface area contributed by atoms with E-state index < -0.39 is 15.6 Å². The molecule has 10 heteroatoms. The van der Waals surface area contributed by atoms with Gasteiger partial charge in [0.15, 0.2) is 11.5 Å². The average Bonchev–Trinajstić information content (AvgIpc) is 2.60. The van der Waals surface area contributed by atoms with E-state index in [1.165, 1.54) is 32.4 Å². The molecule has 1 rings (SSSR count). The molecule has 0 saturated heterocycles. The highest BCUT2D eigenvalue weighted by Gasteiger charge is 2.28. The summed E-state index contributed by atoms with van der Waals surface area (Å²) in [6.45, 7) is 6.07. The first kappa shape index (κ1) is 25.4.